The molecule has 0 aromatic rings. The van der Waals surface area contributed by atoms with E-state index in [-0.39, 0.29) is 15.8 Å². The SMILES string of the molecule is CCCCCCCC(P1CCCC1(CC)CC)P1CCCC1(CC)CC. The molecule has 2 aliphatic rings. The first-order chi connectivity index (χ1) is 12.6. The molecule has 0 radical (unpaired) electrons. The van der Waals surface area contributed by atoms with E-state index in [1.54, 1.807) is 44.4 Å². The molecule has 154 valence electrons. The average molecular weight is 399 g/mol. The summed E-state index contributed by atoms with van der Waals surface area (Å²) in [6, 6.07) is 0. The fourth-order valence-electron chi connectivity index (χ4n) is 6.28. The molecule has 2 atom stereocenters. The molecular weight excluding hydrogens is 350 g/mol. The van der Waals surface area contributed by atoms with Gasteiger partial charge in [0.1, 0.15) is 0 Å². The minimum atomic E-state index is 0.267. The van der Waals surface area contributed by atoms with Gasteiger partial charge in [0.2, 0.25) is 0 Å². The quantitative estimate of drug-likeness (QED) is 0.227. The van der Waals surface area contributed by atoms with Crippen LogP contribution in [0.5, 0.6) is 0 Å². The molecular formula is C24H48P2. The summed E-state index contributed by atoms with van der Waals surface area (Å²) in [5.74, 6) is 0. The number of rotatable bonds is 12. The minimum Gasteiger partial charge on any atom is -0.0927 e. The van der Waals surface area contributed by atoms with Crippen LogP contribution in [0.1, 0.15) is 125 Å². The van der Waals surface area contributed by atoms with E-state index in [1.807, 2.05) is 0 Å². The zero-order valence-corrected chi connectivity index (χ0v) is 20.6. The molecule has 0 aliphatic carbocycles. The predicted molar refractivity (Wildman–Crippen MR) is 126 cm³/mol. The van der Waals surface area contributed by atoms with E-state index in [0.717, 1.165) is 15.7 Å². The fourth-order valence-corrected chi connectivity index (χ4v) is 17.1. The van der Waals surface area contributed by atoms with E-state index in [4.69, 9.17) is 0 Å². The molecule has 0 nitrogen and oxygen atoms in total. The molecule has 0 bridgehead atoms. The molecule has 0 saturated carbocycles. The maximum Gasteiger partial charge on any atom is 0.000411 e. The summed E-state index contributed by atoms with van der Waals surface area (Å²) in [6.45, 7) is 12.4. The summed E-state index contributed by atoms with van der Waals surface area (Å²) < 4.78 is 0. The van der Waals surface area contributed by atoms with Crippen molar-refractivity contribution in [2.45, 2.75) is 140 Å². The van der Waals surface area contributed by atoms with Crippen molar-refractivity contribution in [2.75, 3.05) is 12.3 Å². The second-order valence-electron chi connectivity index (χ2n) is 9.14. The third-order valence-corrected chi connectivity index (χ3v) is 17.6. The highest BCUT2D eigenvalue weighted by Gasteiger charge is 2.50. The normalized spacial score (nSPS) is 28.5. The van der Waals surface area contributed by atoms with Crippen molar-refractivity contribution < 1.29 is 0 Å². The lowest BCUT2D eigenvalue weighted by Gasteiger charge is -2.47. The van der Waals surface area contributed by atoms with Crippen molar-refractivity contribution in [3.63, 3.8) is 0 Å². The first-order valence-electron chi connectivity index (χ1n) is 12.2. The van der Waals surface area contributed by atoms with Crippen molar-refractivity contribution in [3.05, 3.63) is 0 Å². The summed E-state index contributed by atoms with van der Waals surface area (Å²) in [5, 5.41) is 2.69. The van der Waals surface area contributed by atoms with Crippen LogP contribution in [0.2, 0.25) is 0 Å². The molecule has 2 heteroatoms. The minimum absolute atomic E-state index is 0.267. The van der Waals surface area contributed by atoms with Gasteiger partial charge in [-0.25, -0.2) is 0 Å². The first kappa shape index (κ1) is 23.1. The molecule has 0 spiro atoms. The highest BCUT2D eigenvalue weighted by atomic mass is 31.2. The zero-order valence-electron chi connectivity index (χ0n) is 18.8. The van der Waals surface area contributed by atoms with Crippen LogP contribution < -0.4 is 0 Å². The third-order valence-electron chi connectivity index (χ3n) is 8.22. The van der Waals surface area contributed by atoms with Crippen LogP contribution in [-0.2, 0) is 0 Å². The second-order valence-corrected chi connectivity index (χ2v) is 15.5. The topological polar surface area (TPSA) is 0 Å². The van der Waals surface area contributed by atoms with Gasteiger partial charge >= 0.3 is 0 Å². The fraction of sp³-hybridized carbons (Fsp3) is 1.00. The second kappa shape index (κ2) is 11.1. The highest BCUT2D eigenvalue weighted by molar-refractivity contribution is 7.77. The molecule has 2 unspecified atom stereocenters. The lowest BCUT2D eigenvalue weighted by atomic mass is 9.97. The summed E-state index contributed by atoms with van der Waals surface area (Å²) in [5.41, 5.74) is 0. The summed E-state index contributed by atoms with van der Waals surface area (Å²) in [7, 11) is 0.534. The van der Waals surface area contributed by atoms with Gasteiger partial charge in [-0.15, -0.1) is 0 Å². The number of hydrogen-bond acceptors (Lipinski definition) is 0. The Hall–Kier alpha value is 0.860. The van der Waals surface area contributed by atoms with E-state index >= 15 is 0 Å². The van der Waals surface area contributed by atoms with Gasteiger partial charge < -0.3 is 0 Å². The van der Waals surface area contributed by atoms with Crippen LogP contribution in [-0.4, -0.2) is 28.0 Å². The predicted octanol–water partition coefficient (Wildman–Crippen LogP) is 9.34. The van der Waals surface area contributed by atoms with Gasteiger partial charge in [0, 0.05) is 5.40 Å². The van der Waals surface area contributed by atoms with Crippen LogP contribution in [0.25, 0.3) is 0 Å². The van der Waals surface area contributed by atoms with Crippen molar-refractivity contribution in [1.82, 2.24) is 0 Å². The molecule has 2 rings (SSSR count). The molecule has 0 amide bonds. The van der Waals surface area contributed by atoms with Crippen LogP contribution in [0.4, 0.5) is 0 Å². The molecule has 0 N–H and O–H groups in total. The Morgan fingerprint density at radius 2 is 1.12 bits per heavy atom. The Kier molecular flexibility index (Phi) is 9.92. The standard InChI is InChI=1S/C24H48P2/c1-6-11-12-13-14-17-22(25-20-15-18-23(25,7-2)8-3)26-21-16-19-24(26,9-4)10-5/h22H,6-21H2,1-5H3. The van der Waals surface area contributed by atoms with Crippen molar-refractivity contribution in [2.24, 2.45) is 0 Å². The Labute approximate surface area is 168 Å². The van der Waals surface area contributed by atoms with Crippen LogP contribution >= 0.6 is 15.8 Å². The molecule has 0 aromatic carbocycles. The average Bonchev–Trinajstić information content (AvgIpc) is 3.29. The molecule has 2 heterocycles. The van der Waals surface area contributed by atoms with E-state index in [0.29, 0.717) is 0 Å². The van der Waals surface area contributed by atoms with E-state index < -0.39 is 0 Å². The molecule has 2 fully saturated rings. The smallest absolute Gasteiger partial charge is 0.000411 e. The Balaban J connectivity index is 2.18. The largest absolute Gasteiger partial charge is 0.0927 e. The van der Waals surface area contributed by atoms with Crippen molar-refractivity contribution >= 4 is 15.8 Å². The summed E-state index contributed by atoms with van der Waals surface area (Å²) >= 11 is 0. The van der Waals surface area contributed by atoms with Gasteiger partial charge in [0.05, 0.1) is 0 Å². The van der Waals surface area contributed by atoms with E-state index in [2.05, 4.69) is 34.6 Å². The Bertz CT molecular complexity index is 354. The first-order valence-corrected chi connectivity index (χ1v) is 15.4. The summed E-state index contributed by atoms with van der Waals surface area (Å²) in [6.07, 6.45) is 24.3. The van der Waals surface area contributed by atoms with Crippen LogP contribution in [0.3, 0.4) is 0 Å². The zero-order chi connectivity index (χ0) is 19.0. The van der Waals surface area contributed by atoms with Gasteiger partial charge in [-0.2, -0.15) is 0 Å². The lowest BCUT2D eigenvalue weighted by molar-refractivity contribution is 0.509. The van der Waals surface area contributed by atoms with Gasteiger partial charge in [-0.05, 0) is 80.4 Å². The maximum absolute atomic E-state index is 2.53. The van der Waals surface area contributed by atoms with Crippen molar-refractivity contribution in [3.8, 4) is 0 Å². The van der Waals surface area contributed by atoms with E-state index in [1.165, 1.54) is 57.8 Å². The molecule has 2 aliphatic heterocycles. The number of hydrogen-bond donors (Lipinski definition) is 0. The molecule has 2 saturated heterocycles. The maximum atomic E-state index is 2.53. The van der Waals surface area contributed by atoms with Crippen LogP contribution in [0.15, 0.2) is 0 Å². The van der Waals surface area contributed by atoms with Gasteiger partial charge in [0.15, 0.2) is 0 Å². The van der Waals surface area contributed by atoms with E-state index in [9.17, 15) is 0 Å². The molecule has 26 heavy (non-hydrogen) atoms. The number of unbranched alkanes of at least 4 members (excludes halogenated alkanes) is 4. The lowest BCUT2D eigenvalue weighted by Crippen LogP contribution is -2.30. The van der Waals surface area contributed by atoms with Gasteiger partial charge in [0.25, 0.3) is 0 Å². The highest BCUT2D eigenvalue weighted by Crippen LogP contribution is 2.77. The Morgan fingerprint density at radius 3 is 1.54 bits per heavy atom. The third kappa shape index (κ3) is 4.88. The molecule has 0 aromatic heterocycles. The van der Waals surface area contributed by atoms with Gasteiger partial charge in [-0.3, -0.25) is 0 Å². The summed E-state index contributed by atoms with van der Waals surface area (Å²) in [4.78, 5) is 0. The monoisotopic (exact) mass is 398 g/mol. The van der Waals surface area contributed by atoms with Crippen molar-refractivity contribution in [1.29, 1.82) is 0 Å². The Morgan fingerprint density at radius 1 is 0.654 bits per heavy atom. The van der Waals surface area contributed by atoms with Crippen LogP contribution in [0, 0.1) is 0 Å². The van der Waals surface area contributed by atoms with Gasteiger partial charge in [-0.1, -0.05) is 82.6 Å².